The first-order valence-corrected chi connectivity index (χ1v) is 8.05. The third kappa shape index (κ3) is 3.84. The quantitative estimate of drug-likeness (QED) is 0.672. The van der Waals surface area contributed by atoms with Crippen LogP contribution in [0.5, 0.6) is 0 Å². The lowest BCUT2D eigenvalue weighted by Gasteiger charge is -2.26. The van der Waals surface area contributed by atoms with Crippen molar-refractivity contribution in [3.8, 4) is 11.8 Å². The summed E-state index contributed by atoms with van der Waals surface area (Å²) >= 11 is 1.45. The molecule has 1 aromatic heterocycles. The van der Waals surface area contributed by atoms with Gasteiger partial charge in [-0.15, -0.1) is 11.3 Å². The molecule has 0 aliphatic heterocycles. The van der Waals surface area contributed by atoms with Gasteiger partial charge in [0.15, 0.2) is 0 Å². The summed E-state index contributed by atoms with van der Waals surface area (Å²) < 4.78 is 0. The van der Waals surface area contributed by atoms with Gasteiger partial charge in [-0.1, -0.05) is 37.5 Å². The van der Waals surface area contributed by atoms with Gasteiger partial charge in [-0.2, -0.15) is 0 Å². The normalized spacial score (nSPS) is 16.1. The molecule has 0 spiro atoms. The van der Waals surface area contributed by atoms with Crippen LogP contribution in [0, 0.1) is 11.8 Å². The van der Waals surface area contributed by atoms with E-state index in [0.29, 0.717) is 11.6 Å². The standard InChI is InChI=1S/C16H21NO2S/c1-17(14-7-4-2-3-5-8-14)16(19)13-11-15(20-12-13)9-6-10-18/h11-12,14,18H,2-5,7-8,10H2,1H3. The lowest BCUT2D eigenvalue weighted by Crippen LogP contribution is -2.36. The highest BCUT2D eigenvalue weighted by atomic mass is 32.1. The fourth-order valence-electron chi connectivity index (χ4n) is 2.66. The number of carbonyl (C=O) groups is 1. The topological polar surface area (TPSA) is 40.5 Å². The molecule has 0 saturated heterocycles. The third-order valence-electron chi connectivity index (χ3n) is 3.83. The van der Waals surface area contributed by atoms with Crippen molar-refractivity contribution in [3.05, 3.63) is 21.9 Å². The molecule has 1 heterocycles. The molecule has 0 unspecified atom stereocenters. The van der Waals surface area contributed by atoms with E-state index >= 15 is 0 Å². The molecule has 0 atom stereocenters. The summed E-state index contributed by atoms with van der Waals surface area (Å²) in [5, 5.41) is 10.5. The Hall–Kier alpha value is -1.31. The summed E-state index contributed by atoms with van der Waals surface area (Å²) in [5.74, 6) is 5.54. The van der Waals surface area contributed by atoms with Crippen LogP contribution in [0.4, 0.5) is 0 Å². The van der Waals surface area contributed by atoms with Crippen molar-refractivity contribution < 1.29 is 9.90 Å². The predicted molar refractivity (Wildman–Crippen MR) is 81.9 cm³/mol. The number of aliphatic hydroxyl groups excluding tert-OH is 1. The highest BCUT2D eigenvalue weighted by molar-refractivity contribution is 7.10. The fourth-order valence-corrected chi connectivity index (χ4v) is 3.40. The van der Waals surface area contributed by atoms with Gasteiger partial charge < -0.3 is 10.0 Å². The molecule has 1 aromatic rings. The van der Waals surface area contributed by atoms with Crippen LogP contribution >= 0.6 is 11.3 Å². The van der Waals surface area contributed by atoms with Crippen molar-refractivity contribution in [2.45, 2.75) is 44.6 Å². The fraction of sp³-hybridized carbons (Fsp3) is 0.562. The summed E-state index contributed by atoms with van der Waals surface area (Å²) in [5.41, 5.74) is 0.712. The SMILES string of the molecule is CN(C(=O)c1csc(C#CCO)c1)C1CCCCCC1. The van der Waals surface area contributed by atoms with E-state index in [0.717, 1.165) is 17.7 Å². The number of aliphatic hydroxyl groups is 1. The molecule has 0 radical (unpaired) electrons. The van der Waals surface area contributed by atoms with E-state index < -0.39 is 0 Å². The molecular weight excluding hydrogens is 270 g/mol. The summed E-state index contributed by atoms with van der Waals surface area (Å²) in [6.07, 6.45) is 7.25. The second kappa shape index (κ2) is 7.47. The number of hydrogen-bond donors (Lipinski definition) is 1. The first-order valence-electron chi connectivity index (χ1n) is 7.18. The monoisotopic (exact) mass is 291 g/mol. The first-order chi connectivity index (χ1) is 9.72. The molecule has 3 nitrogen and oxygen atoms in total. The van der Waals surface area contributed by atoms with Crippen molar-refractivity contribution in [2.24, 2.45) is 0 Å². The average molecular weight is 291 g/mol. The minimum absolute atomic E-state index is 0.0881. The number of rotatable bonds is 2. The Labute approximate surface area is 124 Å². The number of hydrogen-bond acceptors (Lipinski definition) is 3. The van der Waals surface area contributed by atoms with Crippen molar-refractivity contribution in [2.75, 3.05) is 13.7 Å². The van der Waals surface area contributed by atoms with E-state index in [1.165, 1.54) is 37.0 Å². The van der Waals surface area contributed by atoms with Crippen LogP contribution in [0.15, 0.2) is 11.4 Å². The number of amides is 1. The molecule has 2 rings (SSSR count). The van der Waals surface area contributed by atoms with Crippen molar-refractivity contribution in [1.82, 2.24) is 4.90 Å². The van der Waals surface area contributed by atoms with Crippen LogP contribution in [-0.2, 0) is 0 Å². The van der Waals surface area contributed by atoms with Crippen LogP contribution in [0.3, 0.4) is 0 Å². The van der Waals surface area contributed by atoms with E-state index in [-0.39, 0.29) is 12.5 Å². The van der Waals surface area contributed by atoms with Crippen LogP contribution < -0.4 is 0 Å². The molecular formula is C16H21NO2S. The molecule has 1 fully saturated rings. The summed E-state index contributed by atoms with van der Waals surface area (Å²) in [6.45, 7) is -0.150. The van der Waals surface area contributed by atoms with Gasteiger partial charge in [0.2, 0.25) is 0 Å². The summed E-state index contributed by atoms with van der Waals surface area (Å²) in [6, 6.07) is 2.19. The molecule has 0 aromatic carbocycles. The zero-order valence-electron chi connectivity index (χ0n) is 11.9. The molecule has 1 aliphatic rings. The Morgan fingerprint density at radius 1 is 1.40 bits per heavy atom. The molecule has 1 N–H and O–H groups in total. The van der Waals surface area contributed by atoms with Gasteiger partial charge >= 0.3 is 0 Å². The Morgan fingerprint density at radius 2 is 2.10 bits per heavy atom. The minimum atomic E-state index is -0.150. The molecule has 0 bridgehead atoms. The first kappa shape index (κ1) is 15.1. The van der Waals surface area contributed by atoms with Gasteiger partial charge in [-0.25, -0.2) is 0 Å². The maximum atomic E-state index is 12.5. The van der Waals surface area contributed by atoms with Crippen molar-refractivity contribution >= 4 is 17.2 Å². The molecule has 4 heteroatoms. The van der Waals surface area contributed by atoms with Gasteiger partial charge in [-0.3, -0.25) is 4.79 Å². The summed E-state index contributed by atoms with van der Waals surface area (Å²) in [4.78, 5) is 15.2. The van der Waals surface area contributed by atoms with Crippen LogP contribution in [-0.4, -0.2) is 35.6 Å². The smallest absolute Gasteiger partial charge is 0.254 e. The second-order valence-corrected chi connectivity index (χ2v) is 6.13. The minimum Gasteiger partial charge on any atom is -0.384 e. The number of carbonyl (C=O) groups excluding carboxylic acids is 1. The summed E-state index contributed by atoms with van der Waals surface area (Å²) in [7, 11) is 1.91. The lowest BCUT2D eigenvalue weighted by molar-refractivity contribution is 0.0718. The molecule has 108 valence electrons. The van der Waals surface area contributed by atoms with Gasteiger partial charge in [0.1, 0.15) is 6.61 Å². The van der Waals surface area contributed by atoms with Gasteiger partial charge in [-0.05, 0) is 18.9 Å². The molecule has 1 aliphatic carbocycles. The maximum absolute atomic E-state index is 12.5. The number of thiophene rings is 1. The van der Waals surface area contributed by atoms with Gasteiger partial charge in [0.05, 0.1) is 10.4 Å². The zero-order chi connectivity index (χ0) is 14.4. The van der Waals surface area contributed by atoms with E-state index in [4.69, 9.17) is 5.11 Å². The third-order valence-corrected chi connectivity index (χ3v) is 4.68. The van der Waals surface area contributed by atoms with Crippen molar-refractivity contribution in [3.63, 3.8) is 0 Å². The Kier molecular flexibility index (Phi) is 5.63. The Balaban J connectivity index is 2.03. The largest absolute Gasteiger partial charge is 0.384 e. The van der Waals surface area contributed by atoms with Crippen LogP contribution in [0.25, 0.3) is 0 Å². The maximum Gasteiger partial charge on any atom is 0.254 e. The highest BCUT2D eigenvalue weighted by Gasteiger charge is 2.22. The highest BCUT2D eigenvalue weighted by Crippen LogP contribution is 2.23. The van der Waals surface area contributed by atoms with E-state index in [2.05, 4.69) is 11.8 Å². The van der Waals surface area contributed by atoms with E-state index in [9.17, 15) is 4.79 Å². The lowest BCUT2D eigenvalue weighted by atomic mass is 10.1. The molecule has 20 heavy (non-hydrogen) atoms. The Morgan fingerprint density at radius 3 is 2.75 bits per heavy atom. The van der Waals surface area contributed by atoms with Crippen LogP contribution in [0.2, 0.25) is 0 Å². The predicted octanol–water partition coefficient (Wildman–Crippen LogP) is 2.89. The van der Waals surface area contributed by atoms with Crippen LogP contribution in [0.1, 0.15) is 53.8 Å². The van der Waals surface area contributed by atoms with Crippen molar-refractivity contribution in [1.29, 1.82) is 0 Å². The molecule has 1 saturated carbocycles. The number of nitrogens with zero attached hydrogens (tertiary/aromatic N) is 1. The molecule has 1 amide bonds. The van der Waals surface area contributed by atoms with E-state index in [1.54, 1.807) is 0 Å². The Bertz CT molecular complexity index is 504. The average Bonchev–Trinajstić information content (AvgIpc) is 2.76. The van der Waals surface area contributed by atoms with E-state index in [1.807, 2.05) is 23.4 Å². The van der Waals surface area contributed by atoms with Gasteiger partial charge in [0, 0.05) is 18.5 Å². The van der Waals surface area contributed by atoms with Gasteiger partial charge in [0.25, 0.3) is 5.91 Å². The zero-order valence-corrected chi connectivity index (χ0v) is 12.7. The second-order valence-electron chi connectivity index (χ2n) is 5.22.